The Balaban J connectivity index is 1.52. The van der Waals surface area contributed by atoms with Crippen molar-refractivity contribution in [2.75, 3.05) is 24.5 Å². The van der Waals surface area contributed by atoms with Crippen LogP contribution in [0.4, 0.5) is 10.7 Å². The molecule has 0 N–H and O–H groups in total. The van der Waals surface area contributed by atoms with Gasteiger partial charge in [-0.1, -0.05) is 25.1 Å². The molecule has 23 heavy (non-hydrogen) atoms. The summed E-state index contributed by atoms with van der Waals surface area (Å²) >= 11 is 1.63. The lowest BCUT2D eigenvalue weighted by Gasteiger charge is -2.29. The molecule has 1 amide bonds. The largest absolute Gasteiger partial charge is 0.338 e. The molecular weight excluding hydrogens is 304 g/mol. The van der Waals surface area contributed by atoms with Crippen molar-refractivity contribution in [1.82, 2.24) is 4.90 Å². The number of hydrogen-bond acceptors (Lipinski definition) is 3. The Labute approximate surface area is 141 Å². The molecule has 120 valence electrons. The monoisotopic (exact) mass is 326 g/mol. The minimum absolute atomic E-state index is 0.209. The second-order valence-electron chi connectivity index (χ2n) is 6.64. The molecule has 2 aromatic rings. The van der Waals surface area contributed by atoms with E-state index in [2.05, 4.69) is 42.2 Å². The summed E-state index contributed by atoms with van der Waals surface area (Å²) < 4.78 is 0. The molecule has 2 aliphatic heterocycles. The van der Waals surface area contributed by atoms with Gasteiger partial charge >= 0.3 is 0 Å². The van der Waals surface area contributed by atoms with E-state index in [4.69, 9.17) is 0 Å². The summed E-state index contributed by atoms with van der Waals surface area (Å²) in [4.78, 5) is 17.9. The molecule has 2 aliphatic rings. The van der Waals surface area contributed by atoms with E-state index < -0.39 is 0 Å². The van der Waals surface area contributed by atoms with Gasteiger partial charge in [0.25, 0.3) is 5.91 Å². The van der Waals surface area contributed by atoms with Crippen LogP contribution in [-0.4, -0.2) is 30.4 Å². The van der Waals surface area contributed by atoms with Gasteiger partial charge in [-0.2, -0.15) is 0 Å². The Kier molecular flexibility index (Phi) is 3.85. The number of hydrogen-bond donors (Lipinski definition) is 0. The molecule has 0 radical (unpaired) electrons. The van der Waals surface area contributed by atoms with Crippen molar-refractivity contribution < 1.29 is 4.79 Å². The summed E-state index contributed by atoms with van der Waals surface area (Å²) in [6, 6.07) is 12.7. The molecule has 1 aromatic heterocycles. The average Bonchev–Trinajstić information content (AvgIpc) is 3.21. The Hall–Kier alpha value is -1.81. The van der Waals surface area contributed by atoms with E-state index in [1.165, 1.54) is 16.3 Å². The summed E-state index contributed by atoms with van der Waals surface area (Å²) in [5.74, 6) is 0.958. The lowest BCUT2D eigenvalue weighted by atomic mass is 9.99. The van der Waals surface area contributed by atoms with Gasteiger partial charge in [0.1, 0.15) is 0 Å². The van der Waals surface area contributed by atoms with Crippen LogP contribution in [0, 0.1) is 5.92 Å². The maximum Gasteiger partial charge on any atom is 0.263 e. The number of anilines is 2. The van der Waals surface area contributed by atoms with Crippen LogP contribution in [0.5, 0.6) is 0 Å². The number of piperidine rings is 1. The summed E-state index contributed by atoms with van der Waals surface area (Å²) in [5.41, 5.74) is 2.69. The van der Waals surface area contributed by atoms with Crippen LogP contribution in [0.1, 0.15) is 35.0 Å². The van der Waals surface area contributed by atoms with Crippen molar-refractivity contribution in [3.05, 3.63) is 46.8 Å². The maximum atomic E-state index is 12.7. The van der Waals surface area contributed by atoms with Gasteiger partial charge < -0.3 is 9.80 Å². The van der Waals surface area contributed by atoms with E-state index in [0.29, 0.717) is 0 Å². The second kappa shape index (κ2) is 6.00. The van der Waals surface area contributed by atoms with Crippen LogP contribution in [0.3, 0.4) is 0 Å². The molecule has 0 spiro atoms. The molecule has 4 rings (SSSR count). The van der Waals surface area contributed by atoms with E-state index in [1.54, 1.807) is 11.3 Å². The fraction of sp³-hybridized carbons (Fsp3) is 0.421. The number of carbonyl (C=O) groups is 1. The topological polar surface area (TPSA) is 23.6 Å². The van der Waals surface area contributed by atoms with Crippen molar-refractivity contribution in [3.63, 3.8) is 0 Å². The molecule has 0 unspecified atom stereocenters. The fourth-order valence-electron chi connectivity index (χ4n) is 3.52. The van der Waals surface area contributed by atoms with E-state index in [0.717, 1.165) is 49.7 Å². The van der Waals surface area contributed by atoms with Crippen LogP contribution < -0.4 is 4.90 Å². The van der Waals surface area contributed by atoms with Gasteiger partial charge in [-0.05, 0) is 48.9 Å². The highest BCUT2D eigenvalue weighted by atomic mass is 32.1. The summed E-state index contributed by atoms with van der Waals surface area (Å²) in [7, 11) is 0. The summed E-state index contributed by atoms with van der Waals surface area (Å²) in [5, 5.41) is 1.18. The van der Waals surface area contributed by atoms with Gasteiger partial charge in [-0.25, -0.2) is 0 Å². The molecule has 0 aliphatic carbocycles. The van der Waals surface area contributed by atoms with E-state index in [-0.39, 0.29) is 5.91 Å². The smallest absolute Gasteiger partial charge is 0.263 e. The highest BCUT2D eigenvalue weighted by Gasteiger charge is 2.25. The van der Waals surface area contributed by atoms with Crippen LogP contribution in [-0.2, 0) is 6.42 Å². The third kappa shape index (κ3) is 2.76. The zero-order chi connectivity index (χ0) is 15.8. The molecular formula is C19H22N2OS. The molecule has 0 bridgehead atoms. The number of amides is 1. The van der Waals surface area contributed by atoms with E-state index >= 15 is 0 Å². The van der Waals surface area contributed by atoms with Crippen molar-refractivity contribution in [3.8, 4) is 0 Å². The lowest BCUT2D eigenvalue weighted by molar-refractivity contribution is 0.0702. The Morgan fingerprint density at radius 1 is 1.09 bits per heavy atom. The number of rotatable bonds is 2. The van der Waals surface area contributed by atoms with Crippen LogP contribution >= 0.6 is 11.3 Å². The molecule has 4 heteroatoms. The number of carbonyl (C=O) groups excluding carboxylic acids is 1. The first-order chi connectivity index (χ1) is 11.2. The third-order valence-electron chi connectivity index (χ3n) is 5.03. The van der Waals surface area contributed by atoms with E-state index in [1.807, 2.05) is 11.0 Å². The average molecular weight is 326 g/mol. The van der Waals surface area contributed by atoms with E-state index in [9.17, 15) is 4.79 Å². The summed E-state index contributed by atoms with van der Waals surface area (Å²) in [6.45, 7) is 5.09. The Morgan fingerprint density at radius 2 is 1.87 bits per heavy atom. The van der Waals surface area contributed by atoms with Gasteiger partial charge in [0.2, 0.25) is 0 Å². The fourth-order valence-corrected chi connectivity index (χ4v) is 4.54. The molecule has 3 nitrogen and oxygen atoms in total. The van der Waals surface area contributed by atoms with Gasteiger partial charge in [0, 0.05) is 25.3 Å². The Bertz CT molecular complexity index is 716. The number of likely N-dealkylation sites (tertiary alicyclic amines) is 1. The van der Waals surface area contributed by atoms with Crippen LogP contribution in [0.25, 0.3) is 0 Å². The minimum Gasteiger partial charge on any atom is -0.338 e. The molecule has 1 aromatic carbocycles. The van der Waals surface area contributed by atoms with Crippen molar-refractivity contribution >= 4 is 27.9 Å². The Morgan fingerprint density at radius 3 is 2.70 bits per heavy atom. The van der Waals surface area contributed by atoms with Crippen LogP contribution in [0.2, 0.25) is 0 Å². The van der Waals surface area contributed by atoms with Crippen molar-refractivity contribution in [2.24, 2.45) is 5.92 Å². The molecule has 0 saturated carbocycles. The third-order valence-corrected chi connectivity index (χ3v) is 6.12. The molecule has 1 saturated heterocycles. The standard InChI is InChI=1S/C19H22N2OS/c1-14-8-11-20(12-9-14)19(22)17-6-7-18(23-17)21-13-10-15-4-2-3-5-16(15)21/h2-7,14H,8-13H2,1H3. The van der Waals surface area contributed by atoms with Crippen molar-refractivity contribution in [1.29, 1.82) is 0 Å². The number of benzene rings is 1. The minimum atomic E-state index is 0.209. The predicted octanol–water partition coefficient (Wildman–Crippen LogP) is 4.31. The van der Waals surface area contributed by atoms with Gasteiger partial charge in [0.15, 0.2) is 0 Å². The SMILES string of the molecule is CC1CCN(C(=O)c2ccc(N3CCc4ccccc43)s2)CC1. The normalized spacial score (nSPS) is 18.3. The number of thiophene rings is 1. The van der Waals surface area contributed by atoms with Crippen LogP contribution in [0.15, 0.2) is 36.4 Å². The van der Waals surface area contributed by atoms with Gasteiger partial charge in [-0.15, -0.1) is 11.3 Å². The first kappa shape index (κ1) is 14.8. The molecule has 0 atom stereocenters. The summed E-state index contributed by atoms with van der Waals surface area (Å²) in [6.07, 6.45) is 3.34. The molecule has 1 fully saturated rings. The van der Waals surface area contributed by atoms with Gasteiger partial charge in [0.05, 0.1) is 9.88 Å². The van der Waals surface area contributed by atoms with Gasteiger partial charge in [-0.3, -0.25) is 4.79 Å². The quantitative estimate of drug-likeness (QED) is 0.821. The molecule has 3 heterocycles. The highest BCUT2D eigenvalue weighted by molar-refractivity contribution is 7.18. The van der Waals surface area contributed by atoms with Crippen molar-refractivity contribution in [2.45, 2.75) is 26.2 Å². The zero-order valence-electron chi connectivity index (χ0n) is 13.5. The first-order valence-corrected chi connectivity index (χ1v) is 9.28. The number of fused-ring (bicyclic) bond motifs is 1. The highest BCUT2D eigenvalue weighted by Crippen LogP contribution is 2.38. The number of nitrogens with zero attached hydrogens (tertiary/aromatic N) is 2. The first-order valence-electron chi connectivity index (χ1n) is 8.47. The second-order valence-corrected chi connectivity index (χ2v) is 7.71. The number of para-hydroxylation sites is 1. The predicted molar refractivity (Wildman–Crippen MR) is 95.8 cm³/mol. The zero-order valence-corrected chi connectivity index (χ0v) is 14.3. The lowest BCUT2D eigenvalue weighted by Crippen LogP contribution is -2.37. The maximum absolute atomic E-state index is 12.7.